The highest BCUT2D eigenvalue weighted by Crippen LogP contribution is 2.20. The fraction of sp³-hybridized carbons (Fsp3) is 0.286. The fourth-order valence-electron chi connectivity index (χ4n) is 2.91. The van der Waals surface area contributed by atoms with E-state index in [2.05, 4.69) is 35.4 Å². The second kappa shape index (κ2) is 10.3. The van der Waals surface area contributed by atoms with Crippen LogP contribution in [0.2, 0.25) is 0 Å². The molecule has 0 aromatic carbocycles. The molecule has 0 saturated carbocycles. The minimum atomic E-state index is 0.300. The van der Waals surface area contributed by atoms with Gasteiger partial charge in [0, 0.05) is 55.4 Å². The maximum atomic E-state index is 5.82. The van der Waals surface area contributed by atoms with Crippen LogP contribution in [0.3, 0.4) is 0 Å². The first-order chi connectivity index (χ1) is 14.9. The number of anilines is 2. The molecule has 1 saturated heterocycles. The zero-order valence-electron chi connectivity index (χ0n) is 16.5. The summed E-state index contributed by atoms with van der Waals surface area (Å²) in [5.74, 6) is 1.33. The van der Waals surface area contributed by atoms with Gasteiger partial charge < -0.3 is 14.4 Å². The maximum Gasteiger partial charge on any atom is 0.320 e. The van der Waals surface area contributed by atoms with Crippen molar-refractivity contribution in [2.45, 2.75) is 6.42 Å². The molecule has 0 atom stereocenters. The minimum absolute atomic E-state index is 0.300. The van der Waals surface area contributed by atoms with E-state index in [0.29, 0.717) is 38.1 Å². The Morgan fingerprint density at radius 3 is 2.87 bits per heavy atom. The molecule has 0 radical (unpaired) electrons. The van der Waals surface area contributed by atoms with Gasteiger partial charge in [0.05, 0.1) is 26.0 Å². The lowest BCUT2D eigenvalue weighted by Crippen LogP contribution is -2.36. The second-order valence-electron chi connectivity index (χ2n) is 6.57. The van der Waals surface area contributed by atoms with Gasteiger partial charge in [-0.1, -0.05) is 12.1 Å². The number of ether oxygens (including phenoxy) is 2. The van der Waals surface area contributed by atoms with Crippen LogP contribution in [-0.4, -0.2) is 59.1 Å². The molecule has 154 valence electrons. The molecule has 30 heavy (non-hydrogen) atoms. The van der Waals surface area contributed by atoms with Gasteiger partial charge in [-0.2, -0.15) is 15.1 Å². The van der Waals surface area contributed by atoms with Gasteiger partial charge >= 0.3 is 6.01 Å². The molecule has 0 aliphatic carbocycles. The zero-order valence-corrected chi connectivity index (χ0v) is 16.5. The lowest BCUT2D eigenvalue weighted by atomic mass is 10.3. The molecule has 3 aromatic heterocycles. The number of aromatic nitrogens is 4. The van der Waals surface area contributed by atoms with E-state index in [0.717, 1.165) is 30.2 Å². The molecule has 0 unspecified atom stereocenters. The summed E-state index contributed by atoms with van der Waals surface area (Å²) in [6.07, 6.45) is 7.58. The Labute approximate surface area is 174 Å². The molecular weight excluding hydrogens is 382 g/mol. The molecular formula is C21H23N7O2. The molecule has 0 bridgehead atoms. The summed E-state index contributed by atoms with van der Waals surface area (Å²) in [5.41, 5.74) is 4.81. The number of morpholine rings is 1. The van der Waals surface area contributed by atoms with Crippen molar-refractivity contribution in [3.8, 4) is 6.01 Å². The van der Waals surface area contributed by atoms with Crippen LogP contribution in [0.4, 0.5) is 11.6 Å². The van der Waals surface area contributed by atoms with E-state index in [-0.39, 0.29) is 0 Å². The average molecular weight is 405 g/mol. The van der Waals surface area contributed by atoms with Crippen molar-refractivity contribution in [1.29, 1.82) is 0 Å². The Kier molecular flexibility index (Phi) is 6.74. The Hall–Kier alpha value is -3.59. The Morgan fingerprint density at radius 2 is 2.07 bits per heavy atom. The first-order valence-corrected chi connectivity index (χ1v) is 9.80. The predicted molar refractivity (Wildman–Crippen MR) is 114 cm³/mol. The van der Waals surface area contributed by atoms with Crippen molar-refractivity contribution in [3.63, 3.8) is 0 Å². The number of pyridine rings is 2. The van der Waals surface area contributed by atoms with E-state index < -0.39 is 0 Å². The summed E-state index contributed by atoms with van der Waals surface area (Å²) >= 11 is 0. The lowest BCUT2D eigenvalue weighted by Gasteiger charge is -2.28. The minimum Gasteiger partial charge on any atom is -0.463 e. The molecule has 9 nitrogen and oxygen atoms in total. The topological polar surface area (TPSA) is 97.7 Å². The number of nitrogens with one attached hydrogen (secondary N) is 1. The SMILES string of the molecule is C(=N\Nc1cc(N2CCOCC2)nc(OCCc2ccccn2)n1)/c1cccnc1. The van der Waals surface area contributed by atoms with Crippen molar-refractivity contribution >= 4 is 17.9 Å². The number of rotatable bonds is 8. The van der Waals surface area contributed by atoms with Crippen LogP contribution in [0.1, 0.15) is 11.3 Å². The van der Waals surface area contributed by atoms with Gasteiger partial charge in [0.15, 0.2) is 5.82 Å². The quantitative estimate of drug-likeness (QED) is 0.450. The Bertz CT molecular complexity index is 948. The largest absolute Gasteiger partial charge is 0.463 e. The van der Waals surface area contributed by atoms with Crippen LogP contribution in [-0.2, 0) is 11.2 Å². The van der Waals surface area contributed by atoms with Gasteiger partial charge in [-0.3, -0.25) is 15.4 Å². The highest BCUT2D eigenvalue weighted by molar-refractivity contribution is 5.79. The van der Waals surface area contributed by atoms with E-state index in [4.69, 9.17) is 9.47 Å². The first kappa shape index (κ1) is 19.7. The summed E-state index contributed by atoms with van der Waals surface area (Å²) < 4.78 is 11.3. The fourth-order valence-corrected chi connectivity index (χ4v) is 2.91. The molecule has 1 fully saturated rings. The molecule has 0 spiro atoms. The molecule has 1 N–H and O–H groups in total. The molecule has 0 amide bonds. The smallest absolute Gasteiger partial charge is 0.320 e. The Morgan fingerprint density at radius 1 is 1.13 bits per heavy atom. The van der Waals surface area contributed by atoms with Crippen molar-refractivity contribution in [2.75, 3.05) is 43.2 Å². The molecule has 1 aliphatic heterocycles. The van der Waals surface area contributed by atoms with E-state index in [9.17, 15) is 0 Å². The monoisotopic (exact) mass is 405 g/mol. The maximum absolute atomic E-state index is 5.82. The number of nitrogens with zero attached hydrogens (tertiary/aromatic N) is 6. The third-order valence-corrected chi connectivity index (χ3v) is 4.42. The zero-order chi connectivity index (χ0) is 20.4. The highest BCUT2D eigenvalue weighted by atomic mass is 16.5. The standard InChI is InChI=1S/C21H23N7O2/c1-2-8-23-18(5-1)6-11-30-21-25-19(27-24-16-17-4-3-7-22-15-17)14-20(26-21)28-9-12-29-13-10-28/h1-5,7-8,14-16H,6,9-13H2,(H,25,26,27)/b24-16+. The summed E-state index contributed by atoms with van der Waals surface area (Å²) in [7, 11) is 0. The normalized spacial score (nSPS) is 14.1. The van der Waals surface area contributed by atoms with Gasteiger partial charge in [0.2, 0.25) is 0 Å². The Balaban J connectivity index is 1.46. The first-order valence-electron chi connectivity index (χ1n) is 9.80. The van der Waals surface area contributed by atoms with E-state index in [1.165, 1.54) is 0 Å². The van der Waals surface area contributed by atoms with Crippen molar-refractivity contribution < 1.29 is 9.47 Å². The van der Waals surface area contributed by atoms with Crippen molar-refractivity contribution in [3.05, 3.63) is 66.2 Å². The number of hydrogen-bond acceptors (Lipinski definition) is 9. The van der Waals surface area contributed by atoms with Gasteiger partial charge in [0.25, 0.3) is 0 Å². The van der Waals surface area contributed by atoms with Crippen LogP contribution in [0.25, 0.3) is 0 Å². The van der Waals surface area contributed by atoms with Crippen LogP contribution < -0.4 is 15.1 Å². The van der Waals surface area contributed by atoms with E-state index >= 15 is 0 Å². The van der Waals surface area contributed by atoms with Gasteiger partial charge in [-0.15, -0.1) is 0 Å². The van der Waals surface area contributed by atoms with Gasteiger partial charge in [0.1, 0.15) is 5.82 Å². The molecule has 4 rings (SSSR count). The number of hydrazone groups is 1. The number of hydrogen-bond donors (Lipinski definition) is 1. The molecule has 3 aromatic rings. The second-order valence-corrected chi connectivity index (χ2v) is 6.57. The van der Waals surface area contributed by atoms with Gasteiger partial charge in [-0.25, -0.2) is 0 Å². The van der Waals surface area contributed by atoms with Crippen LogP contribution >= 0.6 is 0 Å². The average Bonchev–Trinajstić information content (AvgIpc) is 2.81. The summed E-state index contributed by atoms with van der Waals surface area (Å²) in [4.78, 5) is 19.5. The van der Waals surface area contributed by atoms with Crippen molar-refractivity contribution in [1.82, 2.24) is 19.9 Å². The molecule has 1 aliphatic rings. The van der Waals surface area contributed by atoms with Crippen LogP contribution in [0.15, 0.2) is 60.1 Å². The lowest BCUT2D eigenvalue weighted by molar-refractivity contribution is 0.122. The summed E-state index contributed by atoms with van der Waals surface area (Å²) in [6, 6.07) is 11.8. The molecule has 4 heterocycles. The van der Waals surface area contributed by atoms with Crippen molar-refractivity contribution in [2.24, 2.45) is 5.10 Å². The van der Waals surface area contributed by atoms with Gasteiger partial charge in [-0.05, 0) is 18.2 Å². The van der Waals surface area contributed by atoms with E-state index in [1.807, 2.05) is 36.4 Å². The van der Waals surface area contributed by atoms with Crippen LogP contribution in [0.5, 0.6) is 6.01 Å². The third-order valence-electron chi connectivity index (χ3n) is 4.42. The summed E-state index contributed by atoms with van der Waals surface area (Å²) in [5, 5.41) is 4.25. The summed E-state index contributed by atoms with van der Waals surface area (Å²) in [6.45, 7) is 3.30. The van der Waals surface area contributed by atoms with Crippen LogP contribution in [0, 0.1) is 0 Å². The highest BCUT2D eigenvalue weighted by Gasteiger charge is 2.15. The van der Waals surface area contributed by atoms with E-state index in [1.54, 1.807) is 24.8 Å². The third kappa shape index (κ3) is 5.71. The predicted octanol–water partition coefficient (Wildman–Crippen LogP) is 2.17. The molecule has 9 heteroatoms.